The maximum Gasteiger partial charge on any atom is 0.276 e. The minimum Gasteiger partial charge on any atom is -0.381 e. The van der Waals surface area contributed by atoms with E-state index in [2.05, 4.69) is 9.97 Å². The Bertz CT molecular complexity index is 1600. The fourth-order valence-corrected chi connectivity index (χ4v) is 5.30. The first-order chi connectivity index (χ1) is 20.7. The Hall–Kier alpha value is -3.96. The van der Waals surface area contributed by atoms with Gasteiger partial charge < -0.3 is 14.6 Å². The Morgan fingerprint density at radius 3 is 2.12 bits per heavy atom. The monoisotopic (exact) mass is 613 g/mol. The molecule has 4 aromatic rings. The van der Waals surface area contributed by atoms with Gasteiger partial charge in [-0.3, -0.25) is 14.4 Å². The topological polar surface area (TPSA) is 110 Å². The van der Waals surface area contributed by atoms with E-state index < -0.39 is 5.24 Å². The van der Waals surface area contributed by atoms with Gasteiger partial charge in [0.2, 0.25) is 0 Å². The zero-order chi connectivity index (χ0) is 31.1. The molecule has 2 aliphatic rings. The number of fused-ring (bicyclic) bond motifs is 1. The van der Waals surface area contributed by atoms with E-state index in [0.717, 1.165) is 18.7 Å². The quantitative estimate of drug-likeness (QED) is 0.302. The Morgan fingerprint density at radius 2 is 1.53 bits per heavy atom. The van der Waals surface area contributed by atoms with Crippen LogP contribution in [0.2, 0.25) is 0 Å². The zero-order valence-electron chi connectivity index (χ0n) is 24.2. The van der Waals surface area contributed by atoms with Crippen LogP contribution < -0.4 is 5.56 Å². The molecule has 2 aromatic carbocycles. The van der Waals surface area contributed by atoms with Crippen LogP contribution in [0, 0.1) is 17.6 Å². The van der Waals surface area contributed by atoms with Crippen molar-refractivity contribution in [1.82, 2.24) is 24.5 Å². The van der Waals surface area contributed by atoms with Gasteiger partial charge in [-0.05, 0) is 78.9 Å². The molecule has 2 aliphatic heterocycles. The fourth-order valence-electron chi connectivity index (χ4n) is 5.18. The summed E-state index contributed by atoms with van der Waals surface area (Å²) >= 11 is 5.09. The molecule has 0 saturated carbocycles. The van der Waals surface area contributed by atoms with Gasteiger partial charge in [0.25, 0.3) is 16.7 Å². The van der Waals surface area contributed by atoms with Gasteiger partial charge in [0, 0.05) is 49.3 Å². The van der Waals surface area contributed by atoms with Gasteiger partial charge in [0.1, 0.15) is 23.3 Å². The summed E-state index contributed by atoms with van der Waals surface area (Å²) in [6.07, 6.45) is 3.27. The highest BCUT2D eigenvalue weighted by atomic mass is 35.5. The largest absolute Gasteiger partial charge is 0.381 e. The number of benzene rings is 2. The molecule has 1 amide bonds. The number of rotatable bonds is 4. The highest BCUT2D eigenvalue weighted by Crippen LogP contribution is 2.32. The lowest BCUT2D eigenvalue weighted by molar-refractivity contribution is 0.0786. The molecule has 2 unspecified atom stereocenters. The number of nitrogens with zero attached hydrogens (tertiary/aromatic N) is 4. The lowest BCUT2D eigenvalue weighted by Gasteiger charge is -2.21. The summed E-state index contributed by atoms with van der Waals surface area (Å²) in [6.45, 7) is 8.37. The van der Waals surface area contributed by atoms with Gasteiger partial charge in [-0.2, -0.15) is 5.10 Å². The van der Waals surface area contributed by atoms with E-state index in [1.165, 1.54) is 48.5 Å². The summed E-state index contributed by atoms with van der Waals surface area (Å²) in [5.74, 6) is 0.661. The van der Waals surface area contributed by atoms with Crippen LogP contribution in [0.3, 0.4) is 0 Å². The molecule has 0 spiro atoms. The Balaban J connectivity index is 0.000000298. The van der Waals surface area contributed by atoms with Gasteiger partial charge in [-0.25, -0.2) is 18.3 Å². The SMILES string of the molecule is CC.CC1CN(C(=O)c2ccc(F)cc2)CC1c1nn2c(C3CCOCC3)ncc2c(=O)[nH]1.O=C(Cl)c1ccc(F)cc1. The lowest BCUT2D eigenvalue weighted by atomic mass is 9.97. The molecular formula is C31H34ClF2N5O4. The summed E-state index contributed by atoms with van der Waals surface area (Å²) in [5, 5.41) is 4.18. The lowest BCUT2D eigenvalue weighted by Crippen LogP contribution is -2.29. The molecule has 2 saturated heterocycles. The number of likely N-dealkylation sites (tertiary alicyclic amines) is 1. The van der Waals surface area contributed by atoms with Gasteiger partial charge >= 0.3 is 0 Å². The molecular weight excluding hydrogens is 580 g/mol. The van der Waals surface area contributed by atoms with E-state index in [1.807, 2.05) is 20.8 Å². The van der Waals surface area contributed by atoms with E-state index in [0.29, 0.717) is 48.8 Å². The van der Waals surface area contributed by atoms with Gasteiger partial charge in [-0.15, -0.1) is 0 Å². The molecule has 2 fully saturated rings. The van der Waals surface area contributed by atoms with Crippen molar-refractivity contribution in [3.05, 3.63) is 99.5 Å². The predicted octanol–water partition coefficient (Wildman–Crippen LogP) is 5.56. The number of hydrogen-bond acceptors (Lipinski definition) is 6. The van der Waals surface area contributed by atoms with E-state index in [1.54, 1.807) is 15.6 Å². The Labute approximate surface area is 252 Å². The summed E-state index contributed by atoms with van der Waals surface area (Å²) in [6, 6.07) is 10.6. The molecule has 43 heavy (non-hydrogen) atoms. The van der Waals surface area contributed by atoms with Gasteiger partial charge in [-0.1, -0.05) is 20.8 Å². The first kappa shape index (κ1) is 32.0. The van der Waals surface area contributed by atoms with Crippen LogP contribution in [-0.2, 0) is 4.74 Å². The molecule has 0 bridgehead atoms. The number of amides is 1. The number of ether oxygens (including phenoxy) is 1. The second-order valence-electron chi connectivity index (χ2n) is 10.2. The highest BCUT2D eigenvalue weighted by Gasteiger charge is 2.36. The third-order valence-corrected chi connectivity index (χ3v) is 7.66. The smallest absolute Gasteiger partial charge is 0.276 e. The zero-order valence-corrected chi connectivity index (χ0v) is 25.0. The molecule has 4 heterocycles. The third-order valence-electron chi connectivity index (χ3n) is 7.45. The molecule has 228 valence electrons. The first-order valence-electron chi connectivity index (χ1n) is 14.3. The van der Waals surface area contributed by atoms with E-state index in [4.69, 9.17) is 21.4 Å². The minimum absolute atomic E-state index is 0.105. The van der Waals surface area contributed by atoms with Crippen molar-refractivity contribution in [3.63, 3.8) is 0 Å². The molecule has 2 atom stereocenters. The molecule has 1 N–H and O–H groups in total. The van der Waals surface area contributed by atoms with Gasteiger partial charge in [0.05, 0.1) is 6.20 Å². The number of hydrogen-bond donors (Lipinski definition) is 1. The second-order valence-corrected chi connectivity index (χ2v) is 10.6. The van der Waals surface area contributed by atoms with Crippen molar-refractivity contribution < 1.29 is 23.1 Å². The van der Waals surface area contributed by atoms with E-state index >= 15 is 0 Å². The molecule has 0 aliphatic carbocycles. The summed E-state index contributed by atoms with van der Waals surface area (Å²) in [7, 11) is 0. The molecule has 6 rings (SSSR count). The number of halogens is 3. The maximum absolute atomic E-state index is 13.2. The number of carbonyl (C=O) groups excluding carboxylic acids is 2. The Kier molecular flexibility index (Phi) is 10.8. The maximum atomic E-state index is 13.2. The molecule has 9 nitrogen and oxygen atoms in total. The standard InChI is InChI=1S/C22H24FN5O3.C7H4ClFO.C2H6/c1-13-11-27(22(30)15-2-4-16(23)5-3-15)12-17(13)19-25-21(29)18-10-24-20(28(18)26-19)14-6-8-31-9-7-14;8-7(10)5-1-3-6(9)4-2-5;1-2/h2-5,10,13-14,17H,6-9,11-12H2,1H3,(H,25,26,29);1-4H;1-2H3. The number of imidazole rings is 1. The van der Waals surface area contributed by atoms with Gasteiger partial charge in [0.15, 0.2) is 5.52 Å². The number of H-pyrrole nitrogens is 1. The first-order valence-corrected chi connectivity index (χ1v) is 14.6. The average molecular weight is 614 g/mol. The van der Waals surface area contributed by atoms with Crippen LogP contribution in [0.25, 0.3) is 5.52 Å². The number of aromatic nitrogens is 4. The number of carbonyl (C=O) groups is 2. The van der Waals surface area contributed by atoms with Crippen LogP contribution in [0.5, 0.6) is 0 Å². The number of nitrogens with one attached hydrogen (secondary N) is 1. The number of aromatic amines is 1. The summed E-state index contributed by atoms with van der Waals surface area (Å²) in [4.78, 5) is 45.1. The predicted molar refractivity (Wildman–Crippen MR) is 159 cm³/mol. The van der Waals surface area contributed by atoms with Crippen LogP contribution in [-0.4, -0.2) is 61.9 Å². The highest BCUT2D eigenvalue weighted by molar-refractivity contribution is 6.67. The molecule has 12 heteroatoms. The van der Waals surface area contributed by atoms with Crippen LogP contribution in [0.4, 0.5) is 8.78 Å². The molecule has 2 aromatic heterocycles. The van der Waals surface area contributed by atoms with Crippen molar-refractivity contribution in [1.29, 1.82) is 0 Å². The van der Waals surface area contributed by atoms with Crippen LogP contribution in [0.1, 0.15) is 77.8 Å². The third kappa shape index (κ3) is 7.52. The van der Waals surface area contributed by atoms with Crippen molar-refractivity contribution in [2.75, 3.05) is 26.3 Å². The van der Waals surface area contributed by atoms with Crippen LogP contribution >= 0.6 is 11.6 Å². The van der Waals surface area contributed by atoms with E-state index in [-0.39, 0.29) is 40.9 Å². The average Bonchev–Trinajstić information content (AvgIpc) is 3.63. The van der Waals surface area contributed by atoms with Crippen molar-refractivity contribution in [3.8, 4) is 0 Å². The normalized spacial score (nSPS) is 18.4. The van der Waals surface area contributed by atoms with Crippen LogP contribution in [0.15, 0.2) is 59.5 Å². The molecule has 0 radical (unpaired) electrons. The minimum atomic E-state index is -0.569. The van der Waals surface area contributed by atoms with Crippen molar-refractivity contribution in [2.45, 2.75) is 45.4 Å². The van der Waals surface area contributed by atoms with Crippen molar-refractivity contribution in [2.24, 2.45) is 5.92 Å². The summed E-state index contributed by atoms with van der Waals surface area (Å²) in [5.41, 5.74) is 0.951. The summed E-state index contributed by atoms with van der Waals surface area (Å²) < 4.78 is 32.5. The van der Waals surface area contributed by atoms with Crippen molar-refractivity contribution >= 4 is 28.3 Å². The second kappa shape index (κ2) is 14.5. The fraction of sp³-hybridized carbons (Fsp3) is 0.387. The Morgan fingerprint density at radius 1 is 0.953 bits per heavy atom. The van der Waals surface area contributed by atoms with E-state index in [9.17, 15) is 23.2 Å².